The fourth-order valence-electron chi connectivity index (χ4n) is 3.33. The predicted octanol–water partition coefficient (Wildman–Crippen LogP) is 1.67. The van der Waals surface area contributed by atoms with Crippen LogP contribution >= 0.6 is 24.8 Å². The lowest BCUT2D eigenvalue weighted by molar-refractivity contribution is -0.116. The molecule has 1 atom stereocenters. The number of hydrogen-bond donors (Lipinski definition) is 3. The number of benzene rings is 1. The van der Waals surface area contributed by atoms with Crippen LogP contribution in [-0.4, -0.2) is 68.7 Å². The van der Waals surface area contributed by atoms with Crippen LogP contribution in [0.1, 0.15) is 29.6 Å². The topological polar surface area (TPSA) is 82.7 Å². The molecule has 2 fully saturated rings. The van der Waals surface area contributed by atoms with Crippen LogP contribution in [0.15, 0.2) is 24.3 Å². The summed E-state index contributed by atoms with van der Waals surface area (Å²) >= 11 is 0. The minimum absolute atomic E-state index is 0. The number of carbonyl (C=O) groups is 2. The number of rotatable bonds is 7. The monoisotopic (exact) mass is 432 g/mol. The highest BCUT2D eigenvalue weighted by molar-refractivity contribution is 5.95. The molecule has 0 saturated carbocycles. The number of ether oxygens (including phenoxy) is 1. The van der Waals surface area contributed by atoms with Gasteiger partial charge in [-0.3, -0.25) is 14.5 Å². The smallest absolute Gasteiger partial charge is 0.251 e. The minimum atomic E-state index is -0.0914. The maximum atomic E-state index is 12.2. The lowest BCUT2D eigenvalue weighted by Gasteiger charge is -2.26. The summed E-state index contributed by atoms with van der Waals surface area (Å²) in [7, 11) is 0. The Morgan fingerprint density at radius 1 is 1.14 bits per heavy atom. The van der Waals surface area contributed by atoms with Crippen molar-refractivity contribution in [1.29, 1.82) is 0 Å². The van der Waals surface area contributed by atoms with Gasteiger partial charge in [0.15, 0.2) is 0 Å². The first-order chi connectivity index (χ1) is 12.7. The molecule has 7 nitrogen and oxygen atoms in total. The molecule has 2 saturated heterocycles. The molecule has 158 valence electrons. The zero-order valence-electron chi connectivity index (χ0n) is 15.9. The van der Waals surface area contributed by atoms with Crippen LogP contribution in [0.4, 0.5) is 5.69 Å². The zero-order valence-corrected chi connectivity index (χ0v) is 17.6. The molecule has 2 aliphatic heterocycles. The highest BCUT2D eigenvalue weighted by Crippen LogP contribution is 2.13. The summed E-state index contributed by atoms with van der Waals surface area (Å²) in [4.78, 5) is 26.5. The number of amides is 2. The van der Waals surface area contributed by atoms with Crippen molar-refractivity contribution in [3.8, 4) is 0 Å². The third kappa shape index (κ3) is 7.93. The molecule has 2 amide bonds. The first-order valence-corrected chi connectivity index (χ1v) is 9.42. The Labute approximate surface area is 178 Å². The van der Waals surface area contributed by atoms with Gasteiger partial charge >= 0.3 is 0 Å². The Balaban J connectivity index is 0.00000196. The van der Waals surface area contributed by atoms with Gasteiger partial charge in [0.05, 0.1) is 13.2 Å². The van der Waals surface area contributed by atoms with Gasteiger partial charge in [-0.05, 0) is 43.7 Å². The fraction of sp³-hybridized carbons (Fsp3) is 0.579. The van der Waals surface area contributed by atoms with E-state index in [1.54, 1.807) is 24.3 Å². The Morgan fingerprint density at radius 3 is 2.50 bits per heavy atom. The molecule has 9 heteroatoms. The van der Waals surface area contributed by atoms with Crippen molar-refractivity contribution in [1.82, 2.24) is 15.5 Å². The van der Waals surface area contributed by atoms with E-state index < -0.39 is 0 Å². The first-order valence-electron chi connectivity index (χ1n) is 9.42. The molecule has 1 aromatic rings. The zero-order chi connectivity index (χ0) is 18.2. The van der Waals surface area contributed by atoms with E-state index in [2.05, 4.69) is 20.9 Å². The van der Waals surface area contributed by atoms with Crippen LogP contribution in [-0.2, 0) is 9.53 Å². The van der Waals surface area contributed by atoms with Gasteiger partial charge in [-0.15, -0.1) is 24.8 Å². The van der Waals surface area contributed by atoms with Gasteiger partial charge < -0.3 is 20.7 Å². The molecule has 3 rings (SSSR count). The summed E-state index contributed by atoms with van der Waals surface area (Å²) in [6.07, 6.45) is 2.67. The Bertz CT molecular complexity index is 604. The van der Waals surface area contributed by atoms with Gasteiger partial charge in [-0.2, -0.15) is 0 Å². The maximum absolute atomic E-state index is 12.2. The van der Waals surface area contributed by atoms with Gasteiger partial charge in [0.1, 0.15) is 0 Å². The SMILES string of the molecule is Cl.Cl.O=C(CC1CCCN1)Nc1ccc(C(=O)NCCN2CCOCC2)cc1. The van der Waals surface area contributed by atoms with Crippen molar-refractivity contribution in [2.45, 2.75) is 25.3 Å². The second-order valence-corrected chi connectivity index (χ2v) is 6.83. The molecule has 0 aliphatic carbocycles. The first kappa shape index (κ1) is 24.7. The van der Waals surface area contributed by atoms with E-state index in [-0.39, 0.29) is 42.7 Å². The summed E-state index contributed by atoms with van der Waals surface area (Å²) in [5.74, 6) is -0.0848. The van der Waals surface area contributed by atoms with Gasteiger partial charge in [-0.25, -0.2) is 0 Å². The largest absolute Gasteiger partial charge is 0.379 e. The molecular formula is C19H30Cl2N4O3. The van der Waals surface area contributed by atoms with Crippen molar-refractivity contribution in [3.05, 3.63) is 29.8 Å². The average molecular weight is 433 g/mol. The fourth-order valence-corrected chi connectivity index (χ4v) is 3.33. The van der Waals surface area contributed by atoms with Crippen molar-refractivity contribution in [2.24, 2.45) is 0 Å². The molecule has 1 aromatic carbocycles. The number of halogens is 2. The highest BCUT2D eigenvalue weighted by atomic mass is 35.5. The number of morpholine rings is 1. The van der Waals surface area contributed by atoms with Gasteiger partial charge in [0.2, 0.25) is 5.91 Å². The Hall–Kier alpha value is -1.38. The van der Waals surface area contributed by atoms with E-state index >= 15 is 0 Å². The van der Waals surface area contributed by atoms with E-state index in [9.17, 15) is 9.59 Å². The summed E-state index contributed by atoms with van der Waals surface area (Å²) in [5.41, 5.74) is 1.32. The molecule has 0 spiro atoms. The molecule has 2 aliphatic rings. The molecular weight excluding hydrogens is 403 g/mol. The number of nitrogens with zero attached hydrogens (tertiary/aromatic N) is 1. The van der Waals surface area contributed by atoms with Crippen molar-refractivity contribution in [3.63, 3.8) is 0 Å². The van der Waals surface area contributed by atoms with E-state index in [4.69, 9.17) is 4.74 Å². The van der Waals surface area contributed by atoms with Crippen LogP contribution in [0.25, 0.3) is 0 Å². The van der Waals surface area contributed by atoms with Crippen LogP contribution < -0.4 is 16.0 Å². The van der Waals surface area contributed by atoms with Crippen LogP contribution in [0, 0.1) is 0 Å². The minimum Gasteiger partial charge on any atom is -0.379 e. The van der Waals surface area contributed by atoms with E-state index in [1.165, 1.54) is 0 Å². The molecule has 2 heterocycles. The molecule has 3 N–H and O–H groups in total. The second kappa shape index (κ2) is 13.0. The molecule has 0 bridgehead atoms. The number of anilines is 1. The van der Waals surface area contributed by atoms with Gasteiger partial charge in [0.25, 0.3) is 5.91 Å². The van der Waals surface area contributed by atoms with E-state index in [0.717, 1.165) is 57.9 Å². The van der Waals surface area contributed by atoms with E-state index in [1.807, 2.05) is 0 Å². The average Bonchev–Trinajstić information content (AvgIpc) is 3.16. The third-order valence-corrected chi connectivity index (χ3v) is 4.84. The molecule has 28 heavy (non-hydrogen) atoms. The van der Waals surface area contributed by atoms with Crippen molar-refractivity contribution < 1.29 is 14.3 Å². The maximum Gasteiger partial charge on any atom is 0.251 e. The summed E-state index contributed by atoms with van der Waals surface area (Å²) in [6.45, 7) is 5.80. The van der Waals surface area contributed by atoms with Crippen molar-refractivity contribution >= 4 is 42.3 Å². The van der Waals surface area contributed by atoms with Crippen LogP contribution in [0.2, 0.25) is 0 Å². The van der Waals surface area contributed by atoms with E-state index in [0.29, 0.717) is 18.5 Å². The van der Waals surface area contributed by atoms with Gasteiger partial charge in [-0.1, -0.05) is 0 Å². The van der Waals surface area contributed by atoms with Gasteiger partial charge in [0, 0.05) is 49.9 Å². The lowest BCUT2D eigenvalue weighted by atomic mass is 10.1. The van der Waals surface area contributed by atoms with Crippen molar-refractivity contribution in [2.75, 3.05) is 51.3 Å². The van der Waals surface area contributed by atoms with Crippen LogP contribution in [0.5, 0.6) is 0 Å². The quantitative estimate of drug-likeness (QED) is 0.610. The highest BCUT2D eigenvalue weighted by Gasteiger charge is 2.17. The normalized spacial score (nSPS) is 19.2. The number of hydrogen-bond acceptors (Lipinski definition) is 5. The predicted molar refractivity (Wildman–Crippen MR) is 115 cm³/mol. The lowest BCUT2D eigenvalue weighted by Crippen LogP contribution is -2.41. The Morgan fingerprint density at radius 2 is 1.86 bits per heavy atom. The summed E-state index contributed by atoms with van der Waals surface area (Å²) < 4.78 is 5.31. The third-order valence-electron chi connectivity index (χ3n) is 4.84. The Kier molecular flexibility index (Phi) is 11.4. The summed E-state index contributed by atoms with van der Waals surface area (Å²) in [6, 6.07) is 7.32. The molecule has 1 unspecified atom stereocenters. The molecule has 0 radical (unpaired) electrons. The second-order valence-electron chi connectivity index (χ2n) is 6.83. The number of nitrogens with one attached hydrogen (secondary N) is 3. The standard InChI is InChI=1S/C19H28N4O3.2ClH/c24-18(14-17-2-1-7-20-17)22-16-5-3-15(4-6-16)19(25)21-8-9-23-10-12-26-13-11-23;;/h3-6,17,20H,1-2,7-14H2,(H,21,25)(H,22,24);2*1H. The molecule has 0 aromatic heterocycles. The van der Waals surface area contributed by atoms with Crippen LogP contribution in [0.3, 0.4) is 0 Å². The summed E-state index contributed by atoms with van der Waals surface area (Å²) in [5, 5.41) is 9.15. The number of carbonyl (C=O) groups excluding carboxylic acids is 2.